The Bertz CT molecular complexity index is 5120. The smallest absolute Gasteiger partial charge is 0.335 e. The highest BCUT2D eigenvalue weighted by Gasteiger charge is 2.53. The zero-order valence-corrected chi connectivity index (χ0v) is 76.0. The van der Waals surface area contributed by atoms with E-state index < -0.39 is 101 Å². The van der Waals surface area contributed by atoms with Crippen LogP contribution in [0.5, 0.6) is 0 Å². The van der Waals surface area contributed by atoms with Gasteiger partial charge in [-0.25, -0.2) is 55.1 Å². The van der Waals surface area contributed by atoms with E-state index in [-0.39, 0.29) is 155 Å². The number of fused-ring (bicyclic) bond motifs is 2. The first-order valence-corrected chi connectivity index (χ1v) is 46.8. The van der Waals surface area contributed by atoms with Gasteiger partial charge in [-0.2, -0.15) is 8.61 Å². The molecule has 0 saturated carbocycles. The number of pyridine rings is 4. The lowest BCUT2D eigenvalue weighted by atomic mass is 9.96. The molecule has 700 valence electrons. The summed E-state index contributed by atoms with van der Waals surface area (Å²) in [5.41, 5.74) is 1.70. The van der Waals surface area contributed by atoms with Gasteiger partial charge in [0.1, 0.15) is 47.0 Å². The number of aromatic nitrogens is 8. The number of amides is 6. The Balaban J connectivity index is 0.487. The summed E-state index contributed by atoms with van der Waals surface area (Å²) in [7, 11) is -8.32. The van der Waals surface area contributed by atoms with Crippen LogP contribution in [0.4, 0.5) is 0 Å². The Morgan fingerprint density at radius 2 is 0.806 bits per heavy atom. The monoisotopic (exact) mass is 1870 g/mol. The van der Waals surface area contributed by atoms with Gasteiger partial charge in [0, 0.05) is 117 Å². The number of hydrogen-bond donors (Lipinski definition) is 8. The maximum absolute atomic E-state index is 13.9. The third-order valence-electron chi connectivity index (χ3n) is 20.6. The van der Waals surface area contributed by atoms with E-state index in [0.717, 1.165) is 8.61 Å². The van der Waals surface area contributed by atoms with Crippen LogP contribution in [0.3, 0.4) is 0 Å². The van der Waals surface area contributed by atoms with Crippen molar-refractivity contribution in [3.63, 3.8) is 0 Å². The highest BCUT2D eigenvalue weighted by atomic mass is 32.2. The van der Waals surface area contributed by atoms with Crippen LogP contribution >= 0.6 is 23.5 Å². The predicted molar refractivity (Wildman–Crippen MR) is 475 cm³/mol. The highest BCUT2D eigenvalue weighted by Crippen LogP contribution is 2.44. The van der Waals surface area contributed by atoms with Crippen LogP contribution < -0.4 is 43.3 Å². The van der Waals surface area contributed by atoms with Crippen molar-refractivity contribution in [1.29, 1.82) is 0 Å². The number of carbonyl (C=O) groups excluding carboxylic acids is 6. The minimum atomic E-state index is -4.16. The largest absolute Gasteiger partial charge is 0.480 e. The number of sulfonamides is 2. The number of carbonyl (C=O) groups is 8. The van der Waals surface area contributed by atoms with Gasteiger partial charge < -0.3 is 80.0 Å². The molecule has 10 rings (SSSR count). The topological polar surface area (TPSA) is 503 Å². The third kappa shape index (κ3) is 28.8. The van der Waals surface area contributed by atoms with E-state index in [0.29, 0.717) is 112 Å². The van der Waals surface area contributed by atoms with Crippen LogP contribution in [-0.2, 0) is 122 Å². The molecule has 2 fully saturated rings. The number of aliphatic carboxylic acids is 2. The number of ether oxygens (including phenoxy) is 8. The van der Waals surface area contributed by atoms with Gasteiger partial charge in [-0.3, -0.25) is 47.9 Å². The molecule has 44 heteroatoms. The first-order valence-electron chi connectivity index (χ1n) is 42.0. The van der Waals surface area contributed by atoms with Crippen molar-refractivity contribution in [3.8, 4) is 11.4 Å². The van der Waals surface area contributed by atoms with Crippen molar-refractivity contribution >= 4 is 113 Å². The van der Waals surface area contributed by atoms with Crippen molar-refractivity contribution in [3.05, 3.63) is 166 Å². The van der Waals surface area contributed by atoms with E-state index in [1.54, 1.807) is 100 Å². The Hall–Kier alpha value is -10.5. The molecular formula is C85H112N16O24S4. The van der Waals surface area contributed by atoms with Crippen LogP contribution in [0, 0.1) is 5.41 Å². The summed E-state index contributed by atoms with van der Waals surface area (Å²) >= 11 is 2.50. The van der Waals surface area contributed by atoms with Gasteiger partial charge in [0.25, 0.3) is 0 Å². The first kappa shape index (κ1) is 101. The summed E-state index contributed by atoms with van der Waals surface area (Å²) in [5.74, 6) is -5.54. The predicted octanol–water partition coefficient (Wildman–Crippen LogP) is 2.67. The molecule has 8 N–H and O–H groups in total. The number of thioether (sulfide) groups is 2. The van der Waals surface area contributed by atoms with Gasteiger partial charge in [0.05, 0.1) is 127 Å². The molecule has 40 nitrogen and oxygen atoms in total. The van der Waals surface area contributed by atoms with Gasteiger partial charge in [0.2, 0.25) is 55.5 Å². The second-order valence-electron chi connectivity index (χ2n) is 31.9. The quantitative estimate of drug-likeness (QED) is 0.0254. The molecule has 6 amide bonds. The Kier molecular flexibility index (Phi) is 37.8. The molecule has 2 aliphatic heterocycles. The summed E-state index contributed by atoms with van der Waals surface area (Å²) in [5, 5.41) is 36.7. The number of nitrogens with zero attached hydrogens (tertiary/aromatic N) is 10. The fourth-order valence-electron chi connectivity index (χ4n) is 14.0. The SMILES string of the molecule is CC(C)(COCCOCCCNC(=O)CCOCCOCCNC(=O)Cn1c(=O)n(-c2ccc(C[C@H](NC(=O)C3N(S(=O)(=O)c4cccnc4)CSC3(C)C)C(=O)O)cc2)c2ncccc21)COCCOCCCNC(=O)CCOCCOCCNC(=O)Cn1c(=O)n(-c2ccc(C[C@H](NC(=O)C3N(S(=O)(=O)c4cccnc4)CSC3(C)C)C(=O)O)cc2)c2ncccc21. The van der Waals surface area contributed by atoms with Crippen molar-refractivity contribution in [2.24, 2.45) is 5.41 Å². The molecule has 129 heavy (non-hydrogen) atoms. The van der Waals surface area contributed by atoms with Crippen molar-refractivity contribution in [1.82, 2.24) is 78.7 Å². The molecule has 2 aliphatic rings. The lowest BCUT2D eigenvalue weighted by molar-refractivity contribution is -0.142. The number of benzene rings is 2. The summed E-state index contributed by atoms with van der Waals surface area (Å²) in [6.45, 7) is 16.2. The number of hydrogen-bond acceptors (Lipinski definition) is 28. The minimum absolute atomic E-state index is 0.0307. The van der Waals surface area contributed by atoms with Gasteiger partial charge in [-0.1, -0.05) is 38.1 Å². The Morgan fingerprint density at radius 3 is 1.17 bits per heavy atom. The Labute approximate surface area is 754 Å². The van der Waals surface area contributed by atoms with E-state index in [4.69, 9.17) is 37.9 Å². The molecule has 8 heterocycles. The average molecular weight is 1870 g/mol. The van der Waals surface area contributed by atoms with E-state index >= 15 is 0 Å². The van der Waals surface area contributed by atoms with Crippen LogP contribution in [0.2, 0.25) is 0 Å². The number of rotatable bonds is 56. The molecule has 0 spiro atoms. The first-order chi connectivity index (χ1) is 61.8. The fraction of sp³-hybridized carbons (Fsp3) is 0.506. The second-order valence-corrected chi connectivity index (χ2v) is 38.9. The van der Waals surface area contributed by atoms with Crippen LogP contribution in [0.15, 0.2) is 154 Å². The van der Waals surface area contributed by atoms with Gasteiger partial charge in [-0.05, 0) is 124 Å². The summed E-state index contributed by atoms with van der Waals surface area (Å²) in [6.07, 6.45) is 9.43. The highest BCUT2D eigenvalue weighted by molar-refractivity contribution is 8.02. The van der Waals surface area contributed by atoms with Gasteiger partial charge in [0.15, 0.2) is 11.3 Å². The average Bonchev–Trinajstić information content (AvgIpc) is 1.61. The van der Waals surface area contributed by atoms with Crippen LogP contribution in [0.1, 0.15) is 78.4 Å². The molecular weight excluding hydrogens is 1760 g/mol. The zero-order chi connectivity index (χ0) is 92.7. The van der Waals surface area contributed by atoms with Crippen molar-refractivity contribution < 1.29 is 103 Å². The molecule has 2 aromatic carbocycles. The maximum Gasteiger partial charge on any atom is 0.335 e. The molecule has 2 saturated heterocycles. The number of carboxylic acid groups (broad SMARTS) is 2. The second kappa shape index (κ2) is 48.4. The number of imidazole rings is 2. The lowest BCUT2D eigenvalue weighted by Crippen LogP contribution is -2.56. The van der Waals surface area contributed by atoms with Crippen molar-refractivity contribution in [2.75, 3.05) is 144 Å². The molecule has 6 aromatic heterocycles. The molecule has 8 aromatic rings. The number of nitrogens with one attached hydrogen (secondary N) is 6. The van der Waals surface area contributed by atoms with Crippen LogP contribution in [-0.4, -0.2) is 299 Å². The molecule has 2 unspecified atom stereocenters. The van der Waals surface area contributed by atoms with E-state index in [9.17, 15) is 75.0 Å². The van der Waals surface area contributed by atoms with E-state index in [2.05, 4.69) is 51.8 Å². The molecule has 0 radical (unpaired) electrons. The van der Waals surface area contributed by atoms with E-state index in [1.165, 1.54) is 103 Å². The maximum atomic E-state index is 13.9. The third-order valence-corrected chi connectivity index (χ3v) is 27.3. The summed E-state index contributed by atoms with van der Waals surface area (Å²) in [6, 6.07) is 19.7. The summed E-state index contributed by atoms with van der Waals surface area (Å²) in [4.78, 5) is 148. The van der Waals surface area contributed by atoms with Crippen LogP contribution in [0.25, 0.3) is 33.7 Å². The molecule has 0 bridgehead atoms. The minimum Gasteiger partial charge on any atom is -0.480 e. The zero-order valence-electron chi connectivity index (χ0n) is 72.7. The molecule has 0 aliphatic carbocycles. The van der Waals surface area contributed by atoms with Gasteiger partial charge >= 0.3 is 23.3 Å². The molecule has 4 atom stereocenters. The summed E-state index contributed by atoms with van der Waals surface area (Å²) < 4.78 is 105. The van der Waals surface area contributed by atoms with Gasteiger partial charge in [-0.15, -0.1) is 23.5 Å². The lowest BCUT2D eigenvalue weighted by Gasteiger charge is -2.30. The Morgan fingerprint density at radius 1 is 0.457 bits per heavy atom. The van der Waals surface area contributed by atoms with E-state index in [1.807, 2.05) is 13.8 Å². The standard InChI is InChI=1S/C85H112N16O24S4/c1-83(2,55-124-47-45-118-35-11-31-88-69(102)25-37-120-41-43-122-39-33-90-71(104)53-96-67-15-9-29-92-75(67)100(81(96)112)61-21-17-59(18-22-61)49-65(79(108)109)94-77(106)73-84(3,4)126-57-98(73)128(114,115)63-13-7-27-86-51-63)56-125-48-46-119-36-12-32-89-70(103)26-38-121-42-44-123-40-34-91-72(105)54-97-68-16-10-30-93-76(68)101(82(97)113)62-23-19-60(20-24-62)50-66(80(110)111)95-78(107)74-85(5,6)127-58-99(74)129(116,117)64-14-8-28-87-52-64/h7-10,13-24,27-30,51-52,65-66,73-74H,11-12,25-26,31-50,53-58H2,1-6H3,(H,88,102)(H,89,103)(H,90,104)(H,91,105)(H,94,106)(H,95,107)(H,108,109)(H,110,111)/t65-,66-,73?,74?/m0/s1. The fourth-order valence-corrected chi connectivity index (χ4v) is 20.2. The normalized spacial score (nSPS) is 15.8. The van der Waals surface area contributed by atoms with Crippen molar-refractivity contribution in [2.45, 2.75) is 137 Å². The number of carboxylic acids is 2.